The Morgan fingerprint density at radius 3 is 2.21 bits per heavy atom. The van der Waals surface area contributed by atoms with E-state index in [2.05, 4.69) is 5.32 Å². The van der Waals surface area contributed by atoms with Crippen molar-refractivity contribution >= 4 is 17.9 Å². The number of benzene rings is 2. The number of methoxy groups -OCH3 is 2. The molecule has 2 fully saturated rings. The molecule has 4 rings (SSSR count). The minimum absolute atomic E-state index is 0.108. The number of amides is 3. The summed E-state index contributed by atoms with van der Waals surface area (Å²) in [5.74, 6) is -1.41. The van der Waals surface area contributed by atoms with E-state index in [0.717, 1.165) is 5.56 Å². The Labute approximate surface area is 224 Å². The number of alkyl carbamates (subject to hydrolysis) is 1. The average Bonchev–Trinajstić information content (AvgIpc) is 3.51. The van der Waals surface area contributed by atoms with Crippen LogP contribution >= 0.6 is 0 Å². The van der Waals surface area contributed by atoms with Gasteiger partial charge in [-0.3, -0.25) is 9.59 Å². The number of nitrogens with zero attached hydrogens (tertiary/aromatic N) is 2. The van der Waals surface area contributed by atoms with Gasteiger partial charge in [0.05, 0.1) is 12.6 Å². The van der Waals surface area contributed by atoms with E-state index in [4.69, 9.17) is 14.2 Å². The van der Waals surface area contributed by atoms with Crippen LogP contribution in [0, 0.1) is 5.92 Å². The highest BCUT2D eigenvalue weighted by atomic mass is 16.7. The van der Waals surface area contributed by atoms with Gasteiger partial charge >= 0.3 is 6.09 Å². The smallest absolute Gasteiger partial charge is 0.408 e. The van der Waals surface area contributed by atoms with Crippen molar-refractivity contribution in [3.63, 3.8) is 0 Å². The largest absolute Gasteiger partial charge is 0.445 e. The van der Waals surface area contributed by atoms with Crippen molar-refractivity contribution in [2.24, 2.45) is 5.92 Å². The van der Waals surface area contributed by atoms with Gasteiger partial charge in [-0.1, -0.05) is 62.4 Å². The van der Waals surface area contributed by atoms with Gasteiger partial charge in [-0.15, -0.1) is 0 Å². The Hall–Kier alpha value is -3.43. The Balaban J connectivity index is 1.53. The Morgan fingerprint density at radius 2 is 1.61 bits per heavy atom. The molecule has 9 heteroatoms. The highest BCUT2D eigenvalue weighted by molar-refractivity contribution is 5.95. The van der Waals surface area contributed by atoms with Gasteiger partial charge in [0.2, 0.25) is 11.7 Å². The van der Waals surface area contributed by atoms with Crippen molar-refractivity contribution in [2.75, 3.05) is 27.3 Å². The van der Waals surface area contributed by atoms with E-state index in [1.165, 1.54) is 14.2 Å². The molecule has 0 aromatic heterocycles. The molecule has 1 unspecified atom stereocenters. The summed E-state index contributed by atoms with van der Waals surface area (Å²) < 4.78 is 17.1. The summed E-state index contributed by atoms with van der Waals surface area (Å²) in [6.45, 7) is 4.70. The molecule has 2 saturated heterocycles. The van der Waals surface area contributed by atoms with Gasteiger partial charge < -0.3 is 29.3 Å². The summed E-state index contributed by atoms with van der Waals surface area (Å²) in [7, 11) is 3.06. The van der Waals surface area contributed by atoms with Gasteiger partial charge in [0.25, 0.3) is 5.91 Å². The Kier molecular flexibility index (Phi) is 8.69. The molecular weight excluding hydrogens is 486 g/mol. The number of ether oxygens (including phenoxy) is 3. The van der Waals surface area contributed by atoms with E-state index in [1.54, 1.807) is 21.9 Å². The number of rotatable bonds is 9. The minimum atomic E-state index is -1.18. The van der Waals surface area contributed by atoms with Gasteiger partial charge in [-0.25, -0.2) is 4.79 Å². The zero-order chi connectivity index (χ0) is 27.3. The fourth-order valence-corrected chi connectivity index (χ4v) is 5.55. The third-order valence-corrected chi connectivity index (χ3v) is 7.37. The molecule has 3 atom stereocenters. The fraction of sp³-hybridized carbons (Fsp3) is 0.483. The molecule has 1 N–H and O–H groups in total. The van der Waals surface area contributed by atoms with Crippen LogP contribution < -0.4 is 5.32 Å². The highest BCUT2D eigenvalue weighted by Crippen LogP contribution is 2.41. The van der Waals surface area contributed by atoms with Crippen LogP contribution in [0.5, 0.6) is 0 Å². The summed E-state index contributed by atoms with van der Waals surface area (Å²) in [6.07, 6.45) is 0.365. The predicted octanol–water partition coefficient (Wildman–Crippen LogP) is 3.44. The van der Waals surface area contributed by atoms with Crippen LogP contribution in [-0.4, -0.2) is 78.9 Å². The van der Waals surface area contributed by atoms with Gasteiger partial charge in [-0.2, -0.15) is 0 Å². The van der Waals surface area contributed by atoms with Crippen molar-refractivity contribution in [1.29, 1.82) is 0 Å². The average molecular weight is 524 g/mol. The first-order valence-electron chi connectivity index (χ1n) is 13.0. The SMILES string of the molecule is COC1(OC)CN(C(=O)c2ccccc2)C2CCN(C(=O)[C@H](CC(C)C)NC(=O)OCc3ccccc3)[C@@H]21. The van der Waals surface area contributed by atoms with Crippen LogP contribution in [0.4, 0.5) is 4.79 Å². The summed E-state index contributed by atoms with van der Waals surface area (Å²) in [5.41, 5.74) is 1.43. The molecule has 2 aromatic rings. The zero-order valence-corrected chi connectivity index (χ0v) is 22.5. The zero-order valence-electron chi connectivity index (χ0n) is 22.5. The van der Waals surface area contributed by atoms with Crippen molar-refractivity contribution in [3.05, 3.63) is 71.8 Å². The molecule has 0 spiro atoms. The first kappa shape index (κ1) is 27.6. The van der Waals surface area contributed by atoms with Crippen LogP contribution in [0.25, 0.3) is 0 Å². The van der Waals surface area contributed by atoms with E-state index in [0.29, 0.717) is 24.9 Å². The number of carbonyl (C=O) groups is 3. The van der Waals surface area contributed by atoms with E-state index >= 15 is 0 Å². The van der Waals surface area contributed by atoms with Crippen LogP contribution in [0.2, 0.25) is 0 Å². The molecule has 2 aromatic carbocycles. The van der Waals surface area contributed by atoms with Gasteiger partial charge in [0, 0.05) is 26.3 Å². The lowest BCUT2D eigenvalue weighted by molar-refractivity contribution is -0.222. The second-order valence-corrected chi connectivity index (χ2v) is 10.2. The summed E-state index contributed by atoms with van der Waals surface area (Å²) in [4.78, 5) is 43.5. The number of hydrogen-bond acceptors (Lipinski definition) is 6. The number of likely N-dealkylation sites (tertiary alicyclic amines) is 2. The molecule has 9 nitrogen and oxygen atoms in total. The quantitative estimate of drug-likeness (QED) is 0.506. The molecule has 0 bridgehead atoms. The number of nitrogens with one attached hydrogen (secondary N) is 1. The summed E-state index contributed by atoms with van der Waals surface area (Å²) in [5, 5.41) is 2.78. The number of carbonyl (C=O) groups excluding carboxylic acids is 3. The molecule has 0 aliphatic carbocycles. The summed E-state index contributed by atoms with van der Waals surface area (Å²) >= 11 is 0. The van der Waals surface area contributed by atoms with Crippen molar-refractivity contribution in [3.8, 4) is 0 Å². The summed E-state index contributed by atoms with van der Waals surface area (Å²) in [6, 6.07) is 16.8. The second kappa shape index (κ2) is 12.0. The van der Waals surface area contributed by atoms with Crippen molar-refractivity contribution in [2.45, 2.75) is 57.2 Å². The van der Waals surface area contributed by atoms with Crippen LogP contribution in [0.1, 0.15) is 42.6 Å². The third-order valence-electron chi connectivity index (χ3n) is 7.37. The number of fused-ring (bicyclic) bond motifs is 1. The Morgan fingerprint density at radius 1 is 0.974 bits per heavy atom. The second-order valence-electron chi connectivity index (χ2n) is 10.2. The van der Waals surface area contributed by atoms with Gasteiger partial charge in [0.15, 0.2) is 0 Å². The lowest BCUT2D eigenvalue weighted by Gasteiger charge is -2.38. The van der Waals surface area contributed by atoms with E-state index in [-0.39, 0.29) is 36.9 Å². The molecule has 3 amide bonds. The van der Waals surface area contributed by atoms with Gasteiger partial charge in [0.1, 0.15) is 18.7 Å². The molecule has 2 aliphatic heterocycles. The standard InChI is InChI=1S/C29H37N3O6/c1-20(2)17-23(30-28(35)38-18-21-11-7-5-8-12-21)27(34)31-16-15-24-25(31)29(36-3,37-4)19-32(24)26(33)22-13-9-6-10-14-22/h5-14,20,23-25H,15-19H2,1-4H3,(H,30,35)/t23-,24?,25-/m0/s1. The molecule has 2 heterocycles. The minimum Gasteiger partial charge on any atom is -0.445 e. The van der Waals surface area contributed by atoms with E-state index < -0.39 is 24.0 Å². The van der Waals surface area contributed by atoms with Crippen LogP contribution in [0.3, 0.4) is 0 Å². The Bertz CT molecular complexity index is 1110. The molecule has 204 valence electrons. The molecule has 0 radical (unpaired) electrons. The third kappa shape index (κ3) is 5.68. The van der Waals surface area contributed by atoms with E-state index in [9.17, 15) is 14.4 Å². The van der Waals surface area contributed by atoms with Crippen molar-refractivity contribution < 1.29 is 28.6 Å². The molecule has 0 saturated carbocycles. The number of hydrogen-bond donors (Lipinski definition) is 1. The normalized spacial score (nSPS) is 20.8. The topological polar surface area (TPSA) is 97.4 Å². The molecular formula is C29H37N3O6. The lowest BCUT2D eigenvalue weighted by Crippen LogP contribution is -2.58. The highest BCUT2D eigenvalue weighted by Gasteiger charge is 2.61. The van der Waals surface area contributed by atoms with Crippen molar-refractivity contribution in [1.82, 2.24) is 15.1 Å². The maximum absolute atomic E-state index is 13.9. The molecule has 38 heavy (non-hydrogen) atoms. The lowest BCUT2D eigenvalue weighted by atomic mass is 10.0. The maximum Gasteiger partial charge on any atom is 0.408 e. The monoisotopic (exact) mass is 523 g/mol. The first-order valence-corrected chi connectivity index (χ1v) is 13.0. The van der Waals surface area contributed by atoms with Gasteiger partial charge in [-0.05, 0) is 36.5 Å². The van der Waals surface area contributed by atoms with Crippen LogP contribution in [-0.2, 0) is 25.6 Å². The first-order chi connectivity index (χ1) is 18.3. The fourth-order valence-electron chi connectivity index (χ4n) is 5.55. The van der Waals surface area contributed by atoms with E-state index in [1.807, 2.05) is 62.4 Å². The molecule has 2 aliphatic rings. The van der Waals surface area contributed by atoms with Crippen LogP contribution in [0.15, 0.2) is 60.7 Å². The predicted molar refractivity (Wildman–Crippen MR) is 141 cm³/mol. The maximum atomic E-state index is 13.9.